The Morgan fingerprint density at radius 2 is 0.945 bits per heavy atom. The van der Waals surface area contributed by atoms with E-state index in [1.54, 1.807) is 10.4 Å². The van der Waals surface area contributed by atoms with E-state index in [-0.39, 0.29) is 5.41 Å². The summed E-state index contributed by atoms with van der Waals surface area (Å²) in [7, 11) is -1.79. The number of fused-ring (bicyclic) bond motifs is 19. The second-order valence-electron chi connectivity index (χ2n) is 21.7. The molecule has 3 aliphatic heterocycles. The van der Waals surface area contributed by atoms with Crippen molar-refractivity contribution in [2.45, 2.75) is 61.4 Å². The van der Waals surface area contributed by atoms with Crippen LogP contribution in [0.1, 0.15) is 83.0 Å². The molecule has 0 bridgehead atoms. The highest BCUT2D eigenvalue weighted by molar-refractivity contribution is 7.05. The average Bonchev–Trinajstić information content (AvgIpc) is 4.26. The lowest BCUT2D eigenvalue weighted by atomic mass is 9.69. The van der Waals surface area contributed by atoms with Crippen LogP contribution in [-0.2, 0) is 10.8 Å². The molecule has 73 heavy (non-hydrogen) atoms. The minimum absolute atomic E-state index is 0.0572. The summed E-state index contributed by atoms with van der Waals surface area (Å²) in [5.74, 6) is 0. The van der Waals surface area contributed by atoms with E-state index in [0.29, 0.717) is 0 Å². The molecule has 346 valence electrons. The second-order valence-corrected chi connectivity index (χ2v) is 25.9. The van der Waals surface area contributed by atoms with E-state index in [1.165, 1.54) is 157 Å². The smallest absolute Gasteiger partial charge is 0.123 e. The second kappa shape index (κ2) is 15.4. The summed E-state index contributed by atoms with van der Waals surface area (Å²) in [6.07, 6.45) is 12.2. The molecule has 0 aromatic heterocycles. The zero-order valence-corrected chi connectivity index (χ0v) is 41.8. The van der Waals surface area contributed by atoms with Gasteiger partial charge in [-0.05, 0) is 180 Å². The number of benzene rings is 9. The summed E-state index contributed by atoms with van der Waals surface area (Å²) < 4.78 is 0. The molecule has 10 aromatic rings. The maximum atomic E-state index is 3.62. The predicted molar refractivity (Wildman–Crippen MR) is 306 cm³/mol. The first-order chi connectivity index (χ1) is 36.1. The SMILES string of the molecule is c1ccc2c(c#1)-c1ccccc1C21c2cc(C=Cc3ccc4cc(N5c6ccccc6[Si]6(CCCC6)c6ccccc65)ccc4c3)ccc2-c2ccc(N3c4ccccc4C4(CCCC4)c4ccccc43)cc21. The molecule has 2 fully saturated rings. The van der Waals surface area contributed by atoms with Gasteiger partial charge in [-0.2, -0.15) is 0 Å². The number of hydrogen-bond acceptors (Lipinski definition) is 2. The van der Waals surface area contributed by atoms with Gasteiger partial charge >= 0.3 is 0 Å². The molecule has 6 aliphatic rings. The Hall–Kier alpha value is -8.16. The van der Waals surface area contributed by atoms with Crippen LogP contribution in [0.15, 0.2) is 206 Å². The van der Waals surface area contributed by atoms with Crippen LogP contribution in [0.5, 0.6) is 0 Å². The topological polar surface area (TPSA) is 6.48 Å². The van der Waals surface area contributed by atoms with Crippen LogP contribution in [0.4, 0.5) is 34.1 Å². The van der Waals surface area contributed by atoms with Crippen LogP contribution in [-0.4, -0.2) is 8.07 Å². The molecular formula is C70H52N2Si. The van der Waals surface area contributed by atoms with Gasteiger partial charge in [0.05, 0.1) is 16.8 Å². The fourth-order valence-electron chi connectivity index (χ4n) is 15.4. The quantitative estimate of drug-likeness (QED) is 0.128. The van der Waals surface area contributed by atoms with E-state index < -0.39 is 13.5 Å². The van der Waals surface area contributed by atoms with Crippen molar-refractivity contribution in [1.82, 2.24) is 0 Å². The molecule has 0 amide bonds. The average molecular weight is 949 g/mol. The highest BCUT2D eigenvalue weighted by Gasteiger charge is 2.53. The van der Waals surface area contributed by atoms with Crippen molar-refractivity contribution in [2.24, 2.45) is 0 Å². The summed E-state index contributed by atoms with van der Waals surface area (Å²) in [6.45, 7) is 0. The Balaban J connectivity index is 0.794. The van der Waals surface area contributed by atoms with Gasteiger partial charge in [0, 0.05) is 33.7 Å². The van der Waals surface area contributed by atoms with E-state index >= 15 is 0 Å². The van der Waals surface area contributed by atoms with Crippen molar-refractivity contribution >= 4 is 75.5 Å². The first-order valence-corrected chi connectivity index (χ1v) is 29.1. The van der Waals surface area contributed by atoms with Gasteiger partial charge in [0.25, 0.3) is 0 Å². The van der Waals surface area contributed by atoms with Crippen molar-refractivity contribution in [1.29, 1.82) is 0 Å². The van der Waals surface area contributed by atoms with Gasteiger partial charge in [0.1, 0.15) is 8.07 Å². The minimum Gasteiger partial charge on any atom is -0.311 e. The zero-order valence-electron chi connectivity index (χ0n) is 40.8. The van der Waals surface area contributed by atoms with E-state index in [2.05, 4.69) is 240 Å². The fraction of sp³-hybridized carbons (Fsp3) is 0.143. The summed E-state index contributed by atoms with van der Waals surface area (Å²) in [6, 6.07) is 88.7. The van der Waals surface area contributed by atoms with Crippen molar-refractivity contribution in [3.63, 3.8) is 0 Å². The molecule has 3 heteroatoms. The van der Waals surface area contributed by atoms with Crippen molar-refractivity contribution < 1.29 is 0 Å². The van der Waals surface area contributed by atoms with Gasteiger partial charge in [0.2, 0.25) is 0 Å². The number of hydrogen-bond donors (Lipinski definition) is 0. The van der Waals surface area contributed by atoms with E-state index in [9.17, 15) is 0 Å². The van der Waals surface area contributed by atoms with E-state index in [4.69, 9.17) is 0 Å². The predicted octanol–water partition coefficient (Wildman–Crippen LogP) is 16.7. The molecule has 10 aromatic carbocycles. The molecule has 1 unspecified atom stereocenters. The summed E-state index contributed by atoms with van der Waals surface area (Å²) in [5.41, 5.74) is 22.8. The number of anilines is 6. The van der Waals surface area contributed by atoms with Crippen molar-refractivity contribution in [3.05, 3.63) is 263 Å². The monoisotopic (exact) mass is 948 g/mol. The molecule has 3 spiro atoms. The van der Waals surface area contributed by atoms with E-state index in [1.807, 2.05) is 0 Å². The Morgan fingerprint density at radius 3 is 1.67 bits per heavy atom. The molecule has 3 aliphatic carbocycles. The Labute approximate surface area is 429 Å². The van der Waals surface area contributed by atoms with Gasteiger partial charge in [-0.15, -0.1) is 0 Å². The lowest BCUT2D eigenvalue weighted by Crippen LogP contribution is -2.60. The molecule has 2 nitrogen and oxygen atoms in total. The lowest BCUT2D eigenvalue weighted by molar-refractivity contribution is 0.530. The van der Waals surface area contributed by atoms with Gasteiger partial charge in [-0.3, -0.25) is 0 Å². The van der Waals surface area contributed by atoms with E-state index in [0.717, 1.165) is 5.56 Å². The summed E-state index contributed by atoms with van der Waals surface area (Å²) in [4.78, 5) is 5.11. The first kappa shape index (κ1) is 41.5. The molecule has 3 heterocycles. The maximum absolute atomic E-state index is 3.62. The standard InChI is InChI=1S/C70H52N2Si/c1-3-19-57-53(17-1)54-18-2-4-20-58(54)70(57)61-44-48(32-37-55(61)56-38-36-52(46-62(56)70)71-63-23-7-5-21-59(63)69(39-13-14-40-69)60-22-6-8-24-64(60)71)30-29-47-31-33-50-45-51(35-34-49(50)43-47)72-65-25-9-11-27-67(65)73(41-15-16-42-73)68-28-12-10-26-66(68)72/h1,3-12,17,19-38,43-46H,13-16,39-42H2. The highest BCUT2D eigenvalue weighted by Crippen LogP contribution is 2.64. The van der Waals surface area contributed by atoms with Crippen LogP contribution in [0.25, 0.3) is 45.2 Å². The van der Waals surface area contributed by atoms with Crippen LogP contribution >= 0.6 is 0 Å². The molecule has 1 saturated heterocycles. The van der Waals surface area contributed by atoms with Crippen molar-refractivity contribution in [2.75, 3.05) is 9.80 Å². The summed E-state index contributed by atoms with van der Waals surface area (Å²) >= 11 is 0. The Bertz CT molecular complexity index is 3830. The fourth-order valence-corrected chi connectivity index (χ4v) is 20.9. The van der Waals surface area contributed by atoms with Gasteiger partial charge in [-0.25, -0.2) is 0 Å². The molecule has 1 saturated carbocycles. The van der Waals surface area contributed by atoms with Crippen LogP contribution in [0.2, 0.25) is 12.1 Å². The third kappa shape index (κ3) is 5.60. The normalized spacial score (nSPS) is 17.3. The molecule has 16 rings (SSSR count). The maximum Gasteiger partial charge on any atom is 0.123 e. The zero-order chi connectivity index (χ0) is 47.9. The van der Waals surface area contributed by atoms with Gasteiger partial charge in [0.15, 0.2) is 0 Å². The van der Waals surface area contributed by atoms with Crippen LogP contribution in [0, 0.1) is 12.1 Å². The lowest BCUT2D eigenvalue weighted by Gasteiger charge is -2.44. The number of nitrogens with zero attached hydrogens (tertiary/aromatic N) is 2. The molecule has 1 atom stereocenters. The third-order valence-corrected chi connectivity index (χ3v) is 23.7. The molecular weight excluding hydrogens is 897 g/mol. The Kier molecular flexibility index (Phi) is 8.76. The van der Waals surface area contributed by atoms with Gasteiger partial charge < -0.3 is 9.80 Å². The summed E-state index contributed by atoms with van der Waals surface area (Å²) in [5, 5.41) is 5.72. The number of para-hydroxylation sites is 4. The number of rotatable bonds is 4. The van der Waals surface area contributed by atoms with Crippen LogP contribution < -0.4 is 20.2 Å². The van der Waals surface area contributed by atoms with Crippen LogP contribution in [0.3, 0.4) is 0 Å². The first-order valence-electron chi connectivity index (χ1n) is 26.7. The van der Waals surface area contributed by atoms with Gasteiger partial charge in [-0.1, -0.05) is 183 Å². The molecule has 0 N–H and O–H groups in total. The highest BCUT2D eigenvalue weighted by atomic mass is 28.3. The van der Waals surface area contributed by atoms with Crippen molar-refractivity contribution in [3.8, 4) is 22.3 Å². The molecule has 0 radical (unpaired) electrons. The third-order valence-electron chi connectivity index (χ3n) is 18.3. The largest absolute Gasteiger partial charge is 0.311 e. The Morgan fingerprint density at radius 1 is 0.411 bits per heavy atom. The minimum atomic E-state index is -1.79.